The first kappa shape index (κ1) is 114. The number of alkyl carbamates (subject to hydrolysis) is 2. The van der Waals surface area contributed by atoms with Crippen molar-refractivity contribution >= 4 is 116 Å². The number of esters is 6. The molecule has 0 radical (unpaired) electrons. The molecule has 0 heterocycles. The van der Waals surface area contributed by atoms with Crippen molar-refractivity contribution < 1.29 is 141 Å². The Kier molecular flexibility index (Phi) is 40.5. The fourth-order valence-electron chi connectivity index (χ4n) is 11.6. The summed E-state index contributed by atoms with van der Waals surface area (Å²) >= 11 is 0. The SMILES string of the molecule is CC(C)(C)OC(=O)CC(C(=O)OC(C)(C)C)N(CCOCCOCCN([C@@H](CC(=O)OC(C)(C)C)C(=O)OC(C)(C)C)S(=O)(=O)N(Cc1ccc(OC(=O)c2ccc(NC(=NC(=O)OC(C)(C)C)NC(=O)OC(C)(C)C)cc2)cc1)C(=O)OCc1ccccc1)S(=O)(=O)N(Cc1ccc(OC(=O)c2ccc(NC(=NC(=O)OC(C)(C)C)NC(=O)OC(C)(C)C)cc2)cc1)C(=O)OCc1ccccc1. The number of hydrogen-bond acceptors (Lipinski definition) is 30. The van der Waals surface area contributed by atoms with Gasteiger partial charge in [-0.2, -0.15) is 34.1 Å². The Morgan fingerprint density at radius 3 is 0.906 bits per heavy atom. The van der Waals surface area contributed by atoms with Crippen LogP contribution in [0, 0.1) is 0 Å². The summed E-state index contributed by atoms with van der Waals surface area (Å²) in [5.41, 5.74) is -7.33. The lowest BCUT2D eigenvalue weighted by molar-refractivity contribution is -0.167. The Morgan fingerprint density at radius 2 is 0.623 bits per heavy atom. The van der Waals surface area contributed by atoms with Gasteiger partial charge in [0.1, 0.15) is 81.6 Å². The van der Waals surface area contributed by atoms with Gasteiger partial charge in [0.25, 0.3) is 0 Å². The molecule has 0 spiro atoms. The topological polar surface area (TPSA) is 488 Å². The first-order valence-corrected chi connectivity index (χ1v) is 46.6. The average molecular weight is 1970 g/mol. The lowest BCUT2D eigenvalue weighted by Crippen LogP contribution is -2.55. The van der Waals surface area contributed by atoms with Crippen LogP contribution in [0.1, 0.15) is 222 Å². The van der Waals surface area contributed by atoms with E-state index in [1.807, 2.05) is 0 Å². The number of nitrogens with one attached hydrogen (secondary N) is 4. The Hall–Kier alpha value is -13.2. The minimum absolute atomic E-state index is 0.00375. The third kappa shape index (κ3) is 42.2. The van der Waals surface area contributed by atoms with Gasteiger partial charge in [-0.25, -0.2) is 38.4 Å². The van der Waals surface area contributed by atoms with E-state index in [-0.39, 0.29) is 57.0 Å². The molecule has 0 fully saturated rings. The number of anilines is 2. The van der Waals surface area contributed by atoms with E-state index in [0.717, 1.165) is 0 Å². The first-order valence-electron chi connectivity index (χ1n) is 43.8. The molecule has 6 aromatic rings. The molecule has 0 bridgehead atoms. The number of amides is 6. The minimum atomic E-state index is -5.50. The number of benzene rings is 6. The molecule has 2 atom stereocenters. The van der Waals surface area contributed by atoms with Crippen molar-refractivity contribution in [2.24, 2.45) is 9.98 Å². The summed E-state index contributed by atoms with van der Waals surface area (Å²) in [6.45, 7) is 31.0. The molecule has 0 saturated carbocycles. The first-order chi connectivity index (χ1) is 63.8. The second kappa shape index (κ2) is 49.2. The summed E-state index contributed by atoms with van der Waals surface area (Å²) in [6, 6.07) is 33.7. The molecule has 0 aliphatic carbocycles. The zero-order valence-electron chi connectivity index (χ0n) is 82.4. The lowest BCUT2D eigenvalue weighted by atomic mass is 10.1. The Bertz CT molecular complexity index is 5140. The van der Waals surface area contributed by atoms with E-state index in [9.17, 15) is 57.5 Å². The van der Waals surface area contributed by atoms with Crippen LogP contribution in [-0.2, 0) is 123 Å². The van der Waals surface area contributed by atoms with Crippen LogP contribution in [0.25, 0.3) is 0 Å². The molecule has 0 aliphatic rings. The van der Waals surface area contributed by atoms with Crippen LogP contribution in [0.15, 0.2) is 168 Å². The van der Waals surface area contributed by atoms with Gasteiger partial charge < -0.3 is 76.9 Å². The molecular weight excluding hydrogens is 1840 g/mol. The zero-order valence-corrected chi connectivity index (χ0v) is 84.0. The predicted octanol–water partition coefficient (Wildman–Crippen LogP) is 15.6. The third-order valence-electron chi connectivity index (χ3n) is 17.0. The van der Waals surface area contributed by atoms with Crippen molar-refractivity contribution in [2.75, 3.05) is 50.2 Å². The van der Waals surface area contributed by atoms with Crippen LogP contribution in [-0.4, -0.2) is 215 Å². The molecule has 6 rings (SSSR count). The molecule has 40 nitrogen and oxygen atoms in total. The lowest BCUT2D eigenvalue weighted by Gasteiger charge is -2.35. The second-order valence-electron chi connectivity index (χ2n) is 38.8. The number of rotatable bonds is 35. The fraction of sp³-hybridized carbons (Fsp3) is 0.479. The van der Waals surface area contributed by atoms with E-state index in [2.05, 4.69) is 31.3 Å². The Morgan fingerprint density at radius 1 is 0.333 bits per heavy atom. The Labute approximate surface area is 805 Å². The smallest absolute Gasteiger partial charge is 0.437 e. The van der Waals surface area contributed by atoms with Crippen LogP contribution in [0.4, 0.5) is 40.1 Å². The van der Waals surface area contributed by atoms with Gasteiger partial charge in [0.15, 0.2) is 0 Å². The standard InChI is InChI=1S/C96H128N10O30S2/c1-89(2,3)129-75(107)57-73(79(111)131-91(7,8)9)103(137(119,120)105(87(117)125-61-65-31-27-25-28-32-65)59-63-35-47-71(48-36-63)127-77(109)67-39-43-69(44-40-67)97-81(99-83(113)133-93(13,14)15)100-84(114)134-94(16,17)18)51-53-123-55-56-124-54-52-104(74(80(112)132-92(10,11)12)58-76(108)130-90(4,5)6)138(121,122)106(88(118)126-62-66-33-29-26-30-34-66)60-64-37-49-72(50-38-64)128-78(110)68-41-45-70(46-42-68)98-82(101-85(115)135-95(19,20)21)102-86(116)136-96(22,23)24/h25-50,73-74H,51-62H2,1-24H3,(H2,97,99,100,113,114)(H2,98,101,102,115,116)/t73-,74?/m0/s1. The number of aliphatic imine (C=N–C) groups is 2. The second-order valence-corrected chi connectivity index (χ2v) is 42.5. The third-order valence-corrected chi connectivity index (χ3v) is 20.7. The summed E-state index contributed by atoms with van der Waals surface area (Å²) in [6.07, 6.45) is -8.96. The van der Waals surface area contributed by atoms with Crippen molar-refractivity contribution in [1.82, 2.24) is 27.9 Å². The quantitative estimate of drug-likeness (QED) is 0.00717. The number of nitrogens with zero attached hydrogens (tertiary/aromatic N) is 6. The average Bonchev–Trinajstić information content (AvgIpc) is 0.780. The van der Waals surface area contributed by atoms with Gasteiger partial charge >= 0.3 is 92.8 Å². The van der Waals surface area contributed by atoms with E-state index in [0.29, 0.717) is 28.3 Å². The van der Waals surface area contributed by atoms with Gasteiger partial charge in [0.2, 0.25) is 11.9 Å². The Balaban J connectivity index is 1.31. The monoisotopic (exact) mass is 1960 g/mol. The number of carbonyl (C=O) groups is 12. The van der Waals surface area contributed by atoms with E-state index in [1.165, 1.54) is 180 Å². The van der Waals surface area contributed by atoms with Gasteiger partial charge in [0.05, 0.1) is 63.5 Å². The zero-order chi connectivity index (χ0) is 103. The van der Waals surface area contributed by atoms with E-state index in [1.54, 1.807) is 144 Å². The minimum Gasteiger partial charge on any atom is -0.460 e. The van der Waals surface area contributed by atoms with Gasteiger partial charge in [-0.15, -0.1) is 9.98 Å². The van der Waals surface area contributed by atoms with Crippen molar-refractivity contribution in [1.29, 1.82) is 0 Å². The molecule has 4 N–H and O–H groups in total. The molecule has 138 heavy (non-hydrogen) atoms. The van der Waals surface area contributed by atoms with Crippen LogP contribution in [0.2, 0.25) is 0 Å². The highest BCUT2D eigenvalue weighted by atomic mass is 32.2. The molecule has 6 amide bonds. The maximum Gasteiger partial charge on any atom is 0.437 e. The fourth-order valence-corrected chi connectivity index (χ4v) is 14.8. The van der Waals surface area contributed by atoms with Crippen molar-refractivity contribution in [2.45, 2.75) is 262 Å². The van der Waals surface area contributed by atoms with E-state index < -0.39 is 228 Å². The molecule has 0 saturated heterocycles. The number of ether oxygens (including phenoxy) is 14. The summed E-state index contributed by atoms with van der Waals surface area (Å²) in [7, 11) is -11.0. The van der Waals surface area contributed by atoms with Crippen LogP contribution in [0.3, 0.4) is 0 Å². The highest BCUT2D eigenvalue weighted by molar-refractivity contribution is 7.87. The normalized spacial score (nSPS) is 12.9. The highest BCUT2D eigenvalue weighted by Gasteiger charge is 2.47. The predicted molar refractivity (Wildman–Crippen MR) is 506 cm³/mol. The van der Waals surface area contributed by atoms with Crippen LogP contribution >= 0.6 is 0 Å². The molecule has 6 aromatic carbocycles. The van der Waals surface area contributed by atoms with Crippen LogP contribution < -0.4 is 30.7 Å². The summed E-state index contributed by atoms with van der Waals surface area (Å²) in [5.74, 6) is -7.35. The van der Waals surface area contributed by atoms with Crippen molar-refractivity contribution in [3.05, 3.63) is 191 Å². The van der Waals surface area contributed by atoms with Gasteiger partial charge in [-0.05, 0) is 261 Å². The molecule has 42 heteroatoms. The highest BCUT2D eigenvalue weighted by Crippen LogP contribution is 2.30. The molecular formula is C96H128N10O30S2. The maximum absolute atomic E-state index is 15.9. The van der Waals surface area contributed by atoms with E-state index >= 15 is 16.8 Å². The van der Waals surface area contributed by atoms with Gasteiger partial charge in [-0.3, -0.25) is 29.8 Å². The van der Waals surface area contributed by atoms with Crippen molar-refractivity contribution in [3.8, 4) is 11.5 Å². The maximum atomic E-state index is 15.9. The number of guanidine groups is 2. The molecule has 0 aromatic heterocycles. The van der Waals surface area contributed by atoms with Crippen LogP contribution in [0.5, 0.6) is 11.5 Å². The summed E-state index contributed by atoms with van der Waals surface area (Å²) in [5, 5.41) is 10.3. The summed E-state index contributed by atoms with van der Waals surface area (Å²) < 4.78 is 144. The molecule has 0 aliphatic heterocycles. The van der Waals surface area contributed by atoms with E-state index in [4.69, 9.17) is 66.3 Å². The number of hydrogen-bond donors (Lipinski definition) is 4. The van der Waals surface area contributed by atoms with Gasteiger partial charge in [-0.1, -0.05) is 84.9 Å². The van der Waals surface area contributed by atoms with Gasteiger partial charge in [0, 0.05) is 24.5 Å². The number of carbonyl (C=O) groups excluding carboxylic acids is 12. The van der Waals surface area contributed by atoms with Crippen molar-refractivity contribution in [3.63, 3.8) is 0 Å². The molecule has 1 unspecified atom stereocenters. The largest absolute Gasteiger partial charge is 0.460 e. The molecule has 754 valence electrons. The summed E-state index contributed by atoms with van der Waals surface area (Å²) in [4.78, 5) is 173.